The predicted octanol–water partition coefficient (Wildman–Crippen LogP) is 0.989. The average Bonchev–Trinajstić information content (AvgIpc) is 3.06. The minimum Gasteiger partial charge on any atom is -0.381 e. The van der Waals surface area contributed by atoms with E-state index in [0.717, 1.165) is 52.2 Å². The van der Waals surface area contributed by atoms with Gasteiger partial charge in [-0.05, 0) is 19.3 Å². The smallest absolute Gasteiger partial charge is 0.329 e. The van der Waals surface area contributed by atoms with Gasteiger partial charge < -0.3 is 20.1 Å². The summed E-state index contributed by atoms with van der Waals surface area (Å²) in [6.07, 6.45) is 4.25. The van der Waals surface area contributed by atoms with Gasteiger partial charge in [0.15, 0.2) is 0 Å². The number of aromatic nitrogens is 2. The van der Waals surface area contributed by atoms with Gasteiger partial charge in [-0.15, -0.1) is 0 Å². The molecule has 0 spiro atoms. The highest BCUT2D eigenvalue weighted by atomic mass is 16.6. The summed E-state index contributed by atoms with van der Waals surface area (Å²) in [6.45, 7) is 3.90. The number of anilines is 2. The number of nitrogens with two attached hydrogens (primary N) is 1. The van der Waals surface area contributed by atoms with Crippen molar-refractivity contribution >= 4 is 17.5 Å². The summed E-state index contributed by atoms with van der Waals surface area (Å²) < 4.78 is 11.3. The molecule has 0 saturated carbocycles. The highest BCUT2D eigenvalue weighted by Crippen LogP contribution is 2.24. The first-order valence-electron chi connectivity index (χ1n) is 7.84. The standard InChI is InChI=1S/C14H21N5O4/c15-13-12(19(20)21)7-16-14(17-13)18-4-1-11(2-5-18)23-9-10-3-6-22-8-10/h7,10-11H,1-6,8-9H2,(H2,15,16,17). The monoisotopic (exact) mass is 323 g/mol. The molecule has 0 amide bonds. The molecule has 0 aromatic carbocycles. The normalized spacial score (nSPS) is 22.4. The number of rotatable bonds is 5. The van der Waals surface area contributed by atoms with Crippen LogP contribution in [0, 0.1) is 16.0 Å². The minimum atomic E-state index is -0.577. The quantitative estimate of drug-likeness (QED) is 0.630. The lowest BCUT2D eigenvalue weighted by Crippen LogP contribution is -2.38. The fraction of sp³-hybridized carbons (Fsp3) is 0.714. The fourth-order valence-electron chi connectivity index (χ4n) is 2.88. The van der Waals surface area contributed by atoms with Gasteiger partial charge in [0.2, 0.25) is 11.8 Å². The first-order valence-corrected chi connectivity index (χ1v) is 7.84. The Bertz CT molecular complexity index is 556. The SMILES string of the molecule is Nc1nc(N2CCC(OCC3CCOC3)CC2)ncc1[N+](=O)[O-]. The molecule has 1 aromatic rings. The molecule has 1 unspecified atom stereocenters. The Kier molecular flexibility index (Phi) is 4.87. The van der Waals surface area contributed by atoms with Crippen molar-refractivity contribution in [1.82, 2.24) is 9.97 Å². The largest absolute Gasteiger partial charge is 0.381 e. The van der Waals surface area contributed by atoms with Crippen molar-refractivity contribution in [3.63, 3.8) is 0 Å². The molecule has 9 nitrogen and oxygen atoms in total. The number of hydrogen-bond donors (Lipinski definition) is 1. The molecule has 0 radical (unpaired) electrons. The first-order chi connectivity index (χ1) is 11.1. The molecule has 3 rings (SSSR count). The van der Waals surface area contributed by atoms with E-state index in [2.05, 4.69) is 9.97 Å². The molecule has 1 atom stereocenters. The lowest BCUT2D eigenvalue weighted by molar-refractivity contribution is -0.384. The van der Waals surface area contributed by atoms with Crippen LogP contribution in [0.2, 0.25) is 0 Å². The van der Waals surface area contributed by atoms with Crippen LogP contribution in [0.3, 0.4) is 0 Å². The Balaban J connectivity index is 1.50. The summed E-state index contributed by atoms with van der Waals surface area (Å²) in [5.41, 5.74) is 5.36. The van der Waals surface area contributed by atoms with Crippen molar-refractivity contribution in [2.24, 2.45) is 5.92 Å². The third kappa shape index (κ3) is 3.85. The van der Waals surface area contributed by atoms with E-state index < -0.39 is 4.92 Å². The van der Waals surface area contributed by atoms with E-state index >= 15 is 0 Å². The Labute approximate surface area is 133 Å². The van der Waals surface area contributed by atoms with E-state index in [4.69, 9.17) is 15.2 Å². The van der Waals surface area contributed by atoms with Gasteiger partial charge in [-0.3, -0.25) is 10.1 Å². The highest BCUT2D eigenvalue weighted by molar-refractivity contribution is 5.53. The van der Waals surface area contributed by atoms with Crippen molar-refractivity contribution in [3.05, 3.63) is 16.3 Å². The van der Waals surface area contributed by atoms with E-state index in [-0.39, 0.29) is 17.6 Å². The van der Waals surface area contributed by atoms with Crippen LogP contribution in [0.5, 0.6) is 0 Å². The molecule has 2 saturated heterocycles. The third-order valence-corrected chi connectivity index (χ3v) is 4.30. The molecule has 9 heteroatoms. The van der Waals surface area contributed by atoms with E-state index in [1.54, 1.807) is 0 Å². The number of hydrogen-bond acceptors (Lipinski definition) is 8. The van der Waals surface area contributed by atoms with Crippen molar-refractivity contribution in [2.75, 3.05) is 43.5 Å². The molecule has 2 aliphatic heterocycles. The second kappa shape index (κ2) is 7.05. The molecule has 2 N–H and O–H groups in total. The summed E-state index contributed by atoms with van der Waals surface area (Å²) in [7, 11) is 0. The lowest BCUT2D eigenvalue weighted by atomic mass is 10.1. The van der Waals surface area contributed by atoms with Crippen molar-refractivity contribution < 1.29 is 14.4 Å². The van der Waals surface area contributed by atoms with E-state index in [9.17, 15) is 10.1 Å². The molecule has 23 heavy (non-hydrogen) atoms. The van der Waals surface area contributed by atoms with Gasteiger partial charge in [0.1, 0.15) is 6.20 Å². The number of nitrogens with zero attached hydrogens (tertiary/aromatic N) is 4. The van der Waals surface area contributed by atoms with Crippen LogP contribution in [0.4, 0.5) is 17.5 Å². The maximum atomic E-state index is 10.7. The minimum absolute atomic E-state index is 0.0976. The molecule has 2 fully saturated rings. The number of ether oxygens (including phenoxy) is 2. The van der Waals surface area contributed by atoms with Crippen LogP contribution in [0.1, 0.15) is 19.3 Å². The highest BCUT2D eigenvalue weighted by Gasteiger charge is 2.25. The predicted molar refractivity (Wildman–Crippen MR) is 83.2 cm³/mol. The number of nitrogen functional groups attached to an aromatic ring is 1. The van der Waals surface area contributed by atoms with Crippen molar-refractivity contribution in [1.29, 1.82) is 0 Å². The van der Waals surface area contributed by atoms with Crippen LogP contribution < -0.4 is 10.6 Å². The summed E-state index contributed by atoms with van der Waals surface area (Å²) in [4.78, 5) is 20.2. The Morgan fingerprint density at radius 2 is 2.22 bits per heavy atom. The van der Waals surface area contributed by atoms with E-state index in [0.29, 0.717) is 11.9 Å². The average molecular weight is 323 g/mol. The topological polar surface area (TPSA) is 117 Å². The third-order valence-electron chi connectivity index (χ3n) is 4.30. The van der Waals surface area contributed by atoms with Crippen molar-refractivity contribution in [3.8, 4) is 0 Å². The summed E-state index contributed by atoms with van der Waals surface area (Å²) in [5.74, 6) is 0.862. The maximum Gasteiger partial charge on any atom is 0.329 e. The maximum absolute atomic E-state index is 10.7. The fourth-order valence-corrected chi connectivity index (χ4v) is 2.88. The van der Waals surface area contributed by atoms with Crippen LogP contribution >= 0.6 is 0 Å². The summed E-state index contributed by atoms with van der Waals surface area (Å²) in [6, 6.07) is 0. The van der Waals surface area contributed by atoms with Crippen LogP contribution in [0.15, 0.2) is 6.20 Å². The van der Waals surface area contributed by atoms with Gasteiger partial charge in [0, 0.05) is 25.6 Å². The second-order valence-corrected chi connectivity index (χ2v) is 5.95. The van der Waals surface area contributed by atoms with Gasteiger partial charge in [-0.2, -0.15) is 4.98 Å². The molecule has 126 valence electrons. The number of nitro groups is 1. The molecular formula is C14H21N5O4. The van der Waals surface area contributed by atoms with E-state index in [1.165, 1.54) is 6.20 Å². The van der Waals surface area contributed by atoms with E-state index in [1.807, 2.05) is 4.90 Å². The van der Waals surface area contributed by atoms with Gasteiger partial charge >= 0.3 is 5.69 Å². The lowest BCUT2D eigenvalue weighted by Gasteiger charge is -2.32. The molecule has 3 heterocycles. The van der Waals surface area contributed by atoms with Gasteiger partial charge in [0.25, 0.3) is 0 Å². The zero-order chi connectivity index (χ0) is 16.2. The molecule has 1 aromatic heterocycles. The van der Waals surface area contributed by atoms with Crippen LogP contribution in [-0.2, 0) is 9.47 Å². The molecule has 2 aliphatic rings. The van der Waals surface area contributed by atoms with Gasteiger partial charge in [-0.1, -0.05) is 0 Å². The Morgan fingerprint density at radius 1 is 1.43 bits per heavy atom. The molecular weight excluding hydrogens is 302 g/mol. The zero-order valence-corrected chi connectivity index (χ0v) is 12.9. The summed E-state index contributed by atoms with van der Waals surface area (Å²) >= 11 is 0. The van der Waals surface area contributed by atoms with Crippen LogP contribution in [0.25, 0.3) is 0 Å². The number of piperidine rings is 1. The van der Waals surface area contributed by atoms with Gasteiger partial charge in [0.05, 0.1) is 24.2 Å². The second-order valence-electron chi connectivity index (χ2n) is 5.95. The molecule has 0 aliphatic carbocycles. The first kappa shape index (κ1) is 15.9. The van der Waals surface area contributed by atoms with Gasteiger partial charge in [-0.25, -0.2) is 4.98 Å². The molecule has 0 bridgehead atoms. The zero-order valence-electron chi connectivity index (χ0n) is 12.9. The Hall–Kier alpha value is -2.00. The Morgan fingerprint density at radius 3 is 2.83 bits per heavy atom. The van der Waals surface area contributed by atoms with Crippen LogP contribution in [-0.4, -0.2) is 53.9 Å². The summed E-state index contributed by atoms with van der Waals surface area (Å²) in [5, 5.41) is 10.7. The van der Waals surface area contributed by atoms with Crippen molar-refractivity contribution in [2.45, 2.75) is 25.4 Å².